The Morgan fingerprint density at radius 3 is 2.19 bits per heavy atom. The Hall–Kier alpha value is -3.66. The van der Waals surface area contributed by atoms with E-state index in [1.165, 1.54) is 0 Å². The Labute approximate surface area is 186 Å². The van der Waals surface area contributed by atoms with E-state index >= 15 is 0 Å². The van der Waals surface area contributed by atoms with Crippen LogP contribution in [0.5, 0.6) is 0 Å². The number of alkyl halides is 2. The molecule has 0 saturated carbocycles. The highest BCUT2D eigenvalue weighted by Crippen LogP contribution is 2.33. The second-order valence-electron chi connectivity index (χ2n) is 8.26. The summed E-state index contributed by atoms with van der Waals surface area (Å²) in [7, 11) is 0. The summed E-state index contributed by atoms with van der Waals surface area (Å²) in [6.07, 6.45) is 1.70. The predicted octanol–water partition coefficient (Wildman–Crippen LogP) is 7.64. The number of aliphatic hydroxyl groups excluding tert-OH is 1. The van der Waals surface area contributed by atoms with Gasteiger partial charge in [-0.2, -0.15) is 0 Å². The summed E-state index contributed by atoms with van der Waals surface area (Å²) in [4.78, 5) is 0. The molecule has 0 fully saturated rings. The fourth-order valence-electron chi connectivity index (χ4n) is 3.96. The zero-order chi connectivity index (χ0) is 22.9. The van der Waals surface area contributed by atoms with Crippen LogP contribution in [0.4, 0.5) is 8.78 Å². The molecule has 1 heterocycles. The van der Waals surface area contributed by atoms with Gasteiger partial charge in [-0.25, -0.2) is 8.78 Å². The summed E-state index contributed by atoms with van der Waals surface area (Å²) >= 11 is 0. The van der Waals surface area contributed by atoms with Crippen molar-refractivity contribution >= 4 is 16.5 Å². The van der Waals surface area contributed by atoms with Gasteiger partial charge < -0.3 is 9.67 Å². The molecule has 0 bridgehead atoms. The van der Waals surface area contributed by atoms with Crippen molar-refractivity contribution in [3.8, 4) is 11.1 Å². The van der Waals surface area contributed by atoms with Gasteiger partial charge in [0.25, 0.3) is 0 Å². The fraction of sp³-hybridized carbons (Fsp3) is 0.143. The molecular weight excluding hydrogens is 404 g/mol. The van der Waals surface area contributed by atoms with Crippen molar-refractivity contribution in [3.05, 3.63) is 115 Å². The van der Waals surface area contributed by atoms with Crippen molar-refractivity contribution in [3.63, 3.8) is 0 Å². The van der Waals surface area contributed by atoms with Gasteiger partial charge in [0.2, 0.25) is 5.92 Å². The van der Waals surface area contributed by atoms with Crippen LogP contribution >= 0.6 is 0 Å². The first-order chi connectivity index (χ1) is 15.2. The lowest BCUT2D eigenvalue weighted by atomic mass is 9.98. The van der Waals surface area contributed by atoms with E-state index in [-0.39, 0.29) is 12.2 Å². The third kappa shape index (κ3) is 4.65. The number of aromatic nitrogens is 1. The highest BCUT2D eigenvalue weighted by atomic mass is 19.3. The number of halogens is 2. The molecule has 0 radical (unpaired) electrons. The quantitative estimate of drug-likeness (QED) is 0.237. The third-order valence-corrected chi connectivity index (χ3v) is 5.55. The number of allylic oxidation sites excluding steroid dienone is 1. The van der Waals surface area contributed by atoms with Gasteiger partial charge in [-0.1, -0.05) is 73.8 Å². The van der Waals surface area contributed by atoms with Crippen LogP contribution in [0.25, 0.3) is 27.6 Å². The summed E-state index contributed by atoms with van der Waals surface area (Å²) < 4.78 is 28.8. The normalized spacial score (nSPS) is 11.6. The summed E-state index contributed by atoms with van der Waals surface area (Å²) in [6, 6.07) is 23.5. The molecule has 0 spiro atoms. The van der Waals surface area contributed by atoms with Crippen LogP contribution in [0.2, 0.25) is 0 Å². The second kappa shape index (κ2) is 8.46. The average Bonchev–Trinajstić information content (AvgIpc) is 3.11. The number of hydrogen-bond donors (Lipinski definition) is 1. The maximum atomic E-state index is 13.3. The molecule has 4 aromatic rings. The smallest absolute Gasteiger partial charge is 0.249 e. The van der Waals surface area contributed by atoms with Gasteiger partial charge in [0.15, 0.2) is 0 Å². The Morgan fingerprint density at radius 1 is 0.906 bits per heavy atom. The summed E-state index contributed by atoms with van der Waals surface area (Å²) in [5.41, 5.74) is 5.95. The fourth-order valence-corrected chi connectivity index (χ4v) is 3.96. The van der Waals surface area contributed by atoms with E-state index in [2.05, 4.69) is 29.9 Å². The van der Waals surface area contributed by atoms with E-state index in [0.29, 0.717) is 17.7 Å². The Bertz CT molecular complexity index is 1280. The zero-order valence-corrected chi connectivity index (χ0v) is 18.0. The van der Waals surface area contributed by atoms with E-state index in [0.717, 1.165) is 40.1 Å². The summed E-state index contributed by atoms with van der Waals surface area (Å²) in [6.45, 7) is 9.26. The van der Waals surface area contributed by atoms with Gasteiger partial charge in [-0.15, -0.1) is 0 Å². The summed E-state index contributed by atoms with van der Waals surface area (Å²) in [5.74, 6) is -2.80. The number of benzene rings is 3. The van der Waals surface area contributed by atoms with E-state index in [9.17, 15) is 13.9 Å². The van der Waals surface area contributed by atoms with Gasteiger partial charge in [0.1, 0.15) is 5.76 Å². The first kappa shape index (κ1) is 21.6. The molecule has 32 heavy (non-hydrogen) atoms. The number of hydrogen-bond acceptors (Lipinski definition) is 1. The molecule has 162 valence electrons. The molecule has 0 unspecified atom stereocenters. The molecule has 0 aliphatic rings. The minimum atomic E-state index is -2.73. The van der Waals surface area contributed by atoms with Crippen molar-refractivity contribution in [2.45, 2.75) is 25.8 Å². The van der Waals surface area contributed by atoms with E-state index in [4.69, 9.17) is 0 Å². The van der Waals surface area contributed by atoms with Crippen molar-refractivity contribution in [2.75, 3.05) is 0 Å². The molecule has 2 nitrogen and oxygen atoms in total. The first-order valence-corrected chi connectivity index (χ1v) is 10.4. The minimum Gasteiger partial charge on any atom is -0.508 e. The monoisotopic (exact) mass is 429 g/mol. The van der Waals surface area contributed by atoms with Crippen molar-refractivity contribution in [1.29, 1.82) is 0 Å². The van der Waals surface area contributed by atoms with E-state index in [1.807, 2.05) is 54.7 Å². The first-order valence-electron chi connectivity index (χ1n) is 10.4. The molecule has 1 N–H and O–H groups in total. The molecule has 4 heteroatoms. The predicted molar refractivity (Wildman–Crippen MR) is 128 cm³/mol. The largest absolute Gasteiger partial charge is 0.508 e. The SMILES string of the molecule is C=C(O)C(=C)c1cn(Cc2ccccc2)c2ccc(-c3ccc(CC(C)(F)F)cc3)cc12. The standard InChI is InChI=1S/C28H25F2NO/c1-19(20(2)32)26-18-31(17-22-7-5-4-6-8-22)27-14-13-24(15-25(26)27)23-11-9-21(10-12-23)16-28(3,29)30/h4-15,18,32H,1-2,16-17H2,3H3. The van der Waals surface area contributed by atoms with Crippen molar-refractivity contribution < 1.29 is 13.9 Å². The molecule has 0 atom stereocenters. The van der Waals surface area contributed by atoms with Crippen LogP contribution in [0.3, 0.4) is 0 Å². The van der Waals surface area contributed by atoms with Crippen molar-refractivity contribution in [1.82, 2.24) is 4.57 Å². The average molecular weight is 430 g/mol. The lowest BCUT2D eigenvalue weighted by Crippen LogP contribution is -2.13. The maximum absolute atomic E-state index is 13.3. The lowest BCUT2D eigenvalue weighted by molar-refractivity contribution is 0.0226. The van der Waals surface area contributed by atoms with Crippen molar-refractivity contribution in [2.24, 2.45) is 0 Å². The molecule has 0 aliphatic heterocycles. The number of nitrogens with zero attached hydrogens (tertiary/aromatic N) is 1. The highest BCUT2D eigenvalue weighted by Gasteiger charge is 2.21. The van der Waals surface area contributed by atoms with Crippen LogP contribution in [0, 0.1) is 0 Å². The second-order valence-corrected chi connectivity index (χ2v) is 8.26. The van der Waals surface area contributed by atoms with Crippen LogP contribution in [0.1, 0.15) is 23.6 Å². The maximum Gasteiger partial charge on any atom is 0.249 e. The Morgan fingerprint density at radius 2 is 1.56 bits per heavy atom. The molecule has 0 saturated heterocycles. The molecular formula is C28H25F2NO. The molecule has 4 rings (SSSR count). The van der Waals surface area contributed by atoms with Gasteiger partial charge in [0.05, 0.1) is 0 Å². The van der Waals surface area contributed by atoms with Gasteiger partial charge in [-0.3, -0.25) is 0 Å². The van der Waals surface area contributed by atoms with E-state index < -0.39 is 5.92 Å². The van der Waals surface area contributed by atoms with Gasteiger partial charge in [-0.05, 0) is 41.3 Å². The number of aliphatic hydroxyl groups is 1. The van der Waals surface area contributed by atoms with Crippen LogP contribution in [-0.2, 0) is 13.0 Å². The minimum absolute atomic E-state index is 0.0704. The van der Waals surface area contributed by atoms with E-state index in [1.54, 1.807) is 12.1 Å². The molecule has 3 aromatic carbocycles. The van der Waals surface area contributed by atoms with Crippen LogP contribution < -0.4 is 0 Å². The highest BCUT2D eigenvalue weighted by molar-refractivity contribution is 5.98. The van der Waals surface area contributed by atoms with Crippen LogP contribution in [0.15, 0.2) is 97.9 Å². The molecule has 0 amide bonds. The number of fused-ring (bicyclic) bond motifs is 1. The Kier molecular flexibility index (Phi) is 5.70. The zero-order valence-electron chi connectivity index (χ0n) is 18.0. The van der Waals surface area contributed by atoms with Gasteiger partial charge in [0, 0.05) is 41.2 Å². The number of rotatable bonds is 7. The van der Waals surface area contributed by atoms with Crippen LogP contribution in [-0.4, -0.2) is 15.6 Å². The Balaban J connectivity index is 1.76. The summed E-state index contributed by atoms with van der Waals surface area (Å²) in [5, 5.41) is 10.9. The topological polar surface area (TPSA) is 25.2 Å². The lowest BCUT2D eigenvalue weighted by Gasteiger charge is -2.11. The molecule has 0 aliphatic carbocycles. The molecule has 1 aromatic heterocycles. The third-order valence-electron chi connectivity index (χ3n) is 5.55. The van der Waals surface area contributed by atoms with Gasteiger partial charge >= 0.3 is 0 Å².